The SMILES string of the molecule is Cc1ccc(OCC(=O)NCCc2ccc(Cl)cc2Cl)c([N+](=O)[O-])c1. The summed E-state index contributed by atoms with van der Waals surface area (Å²) in [5.41, 5.74) is 1.44. The monoisotopic (exact) mass is 382 g/mol. The van der Waals surface area contributed by atoms with Crippen LogP contribution in [0.5, 0.6) is 5.75 Å². The number of nitro groups is 1. The highest BCUT2D eigenvalue weighted by Gasteiger charge is 2.16. The molecule has 2 aromatic carbocycles. The van der Waals surface area contributed by atoms with Crippen molar-refractivity contribution in [2.45, 2.75) is 13.3 Å². The first-order valence-electron chi connectivity index (χ1n) is 7.45. The normalized spacial score (nSPS) is 10.4. The van der Waals surface area contributed by atoms with E-state index in [4.69, 9.17) is 27.9 Å². The van der Waals surface area contributed by atoms with Gasteiger partial charge >= 0.3 is 5.69 Å². The Bertz CT molecular complexity index is 796. The van der Waals surface area contributed by atoms with Gasteiger partial charge in [-0.25, -0.2) is 0 Å². The fraction of sp³-hybridized carbons (Fsp3) is 0.235. The van der Waals surface area contributed by atoms with E-state index in [1.807, 2.05) is 0 Å². The zero-order valence-corrected chi connectivity index (χ0v) is 14.9. The molecule has 2 rings (SSSR count). The van der Waals surface area contributed by atoms with Gasteiger partial charge in [0.25, 0.3) is 5.91 Å². The smallest absolute Gasteiger partial charge is 0.311 e. The summed E-state index contributed by atoms with van der Waals surface area (Å²) in [5.74, 6) is -0.313. The molecular weight excluding hydrogens is 367 g/mol. The largest absolute Gasteiger partial charge is 0.477 e. The van der Waals surface area contributed by atoms with Gasteiger partial charge in [0.15, 0.2) is 12.4 Å². The second kappa shape index (κ2) is 8.69. The van der Waals surface area contributed by atoms with Crippen LogP contribution in [0.3, 0.4) is 0 Å². The number of aryl methyl sites for hydroxylation is 1. The van der Waals surface area contributed by atoms with Crippen molar-refractivity contribution in [1.29, 1.82) is 0 Å². The zero-order chi connectivity index (χ0) is 18.4. The van der Waals surface area contributed by atoms with Gasteiger partial charge in [-0.1, -0.05) is 35.3 Å². The summed E-state index contributed by atoms with van der Waals surface area (Å²) < 4.78 is 5.26. The van der Waals surface area contributed by atoms with Crippen molar-refractivity contribution in [2.24, 2.45) is 0 Å². The molecule has 6 nitrogen and oxygen atoms in total. The van der Waals surface area contributed by atoms with E-state index in [1.54, 1.807) is 31.2 Å². The van der Waals surface area contributed by atoms with Crippen LogP contribution in [0.4, 0.5) is 5.69 Å². The lowest BCUT2D eigenvalue weighted by Gasteiger charge is -2.09. The van der Waals surface area contributed by atoms with Crippen LogP contribution in [0.25, 0.3) is 0 Å². The molecule has 0 bridgehead atoms. The van der Waals surface area contributed by atoms with Crippen molar-refractivity contribution in [3.63, 3.8) is 0 Å². The Hall–Kier alpha value is -2.31. The summed E-state index contributed by atoms with van der Waals surface area (Å²) in [5, 5.41) is 14.8. The van der Waals surface area contributed by atoms with Crippen molar-refractivity contribution >= 4 is 34.8 Å². The number of benzene rings is 2. The molecule has 132 valence electrons. The van der Waals surface area contributed by atoms with Crippen molar-refractivity contribution in [1.82, 2.24) is 5.32 Å². The molecule has 0 aliphatic heterocycles. The lowest BCUT2D eigenvalue weighted by Crippen LogP contribution is -2.30. The average molecular weight is 383 g/mol. The van der Waals surface area contributed by atoms with Crippen molar-refractivity contribution in [3.8, 4) is 5.75 Å². The predicted octanol–water partition coefficient (Wildman–Crippen LogP) is 3.95. The van der Waals surface area contributed by atoms with Crippen LogP contribution in [0, 0.1) is 17.0 Å². The first-order chi connectivity index (χ1) is 11.9. The Morgan fingerprint density at radius 1 is 1.24 bits per heavy atom. The number of carbonyl (C=O) groups is 1. The van der Waals surface area contributed by atoms with E-state index in [2.05, 4.69) is 5.32 Å². The average Bonchev–Trinajstić information content (AvgIpc) is 2.55. The second-order valence-corrected chi connectivity index (χ2v) is 6.20. The van der Waals surface area contributed by atoms with E-state index in [0.717, 1.165) is 11.1 Å². The van der Waals surface area contributed by atoms with Crippen LogP contribution in [0.2, 0.25) is 10.0 Å². The lowest BCUT2D eigenvalue weighted by atomic mass is 10.1. The molecule has 1 N–H and O–H groups in total. The van der Waals surface area contributed by atoms with Gasteiger partial charge in [0, 0.05) is 22.7 Å². The molecule has 0 atom stereocenters. The molecule has 0 aromatic heterocycles. The fourth-order valence-electron chi connectivity index (χ4n) is 2.15. The minimum atomic E-state index is -0.539. The highest BCUT2D eigenvalue weighted by molar-refractivity contribution is 6.35. The molecule has 0 aliphatic carbocycles. The van der Waals surface area contributed by atoms with E-state index in [9.17, 15) is 14.9 Å². The summed E-state index contributed by atoms with van der Waals surface area (Å²) >= 11 is 11.9. The summed E-state index contributed by atoms with van der Waals surface area (Å²) in [6.07, 6.45) is 0.534. The Morgan fingerprint density at radius 3 is 2.68 bits per heavy atom. The third-order valence-corrected chi connectivity index (χ3v) is 3.99. The van der Waals surface area contributed by atoms with Gasteiger partial charge in [-0.3, -0.25) is 14.9 Å². The van der Waals surface area contributed by atoms with Crippen LogP contribution in [0.1, 0.15) is 11.1 Å². The highest BCUT2D eigenvalue weighted by atomic mass is 35.5. The third kappa shape index (κ3) is 5.62. The van der Waals surface area contributed by atoms with Crippen LogP contribution in [-0.2, 0) is 11.2 Å². The molecule has 0 radical (unpaired) electrons. The summed E-state index contributed by atoms with van der Waals surface area (Å²) in [6, 6.07) is 9.72. The maximum Gasteiger partial charge on any atom is 0.311 e. The van der Waals surface area contributed by atoms with Crippen molar-refractivity contribution in [2.75, 3.05) is 13.2 Å². The quantitative estimate of drug-likeness (QED) is 0.580. The van der Waals surface area contributed by atoms with E-state index < -0.39 is 4.92 Å². The number of hydrogen-bond donors (Lipinski definition) is 1. The third-order valence-electron chi connectivity index (χ3n) is 3.40. The molecule has 0 saturated heterocycles. The molecule has 0 heterocycles. The number of nitrogens with zero attached hydrogens (tertiary/aromatic N) is 1. The minimum absolute atomic E-state index is 0.0616. The van der Waals surface area contributed by atoms with Gasteiger partial charge < -0.3 is 10.1 Å². The number of rotatable bonds is 7. The van der Waals surface area contributed by atoms with Gasteiger partial charge in [-0.2, -0.15) is 0 Å². The number of halogens is 2. The number of hydrogen-bond acceptors (Lipinski definition) is 4. The molecule has 0 fully saturated rings. The number of nitrogens with one attached hydrogen (secondary N) is 1. The molecule has 2 aromatic rings. The van der Waals surface area contributed by atoms with E-state index in [1.165, 1.54) is 12.1 Å². The van der Waals surface area contributed by atoms with Gasteiger partial charge in [-0.05, 0) is 42.7 Å². The molecule has 0 aliphatic rings. The van der Waals surface area contributed by atoms with Gasteiger partial charge in [0.05, 0.1) is 4.92 Å². The van der Waals surface area contributed by atoms with Gasteiger partial charge in [0.1, 0.15) is 0 Å². The first-order valence-corrected chi connectivity index (χ1v) is 8.21. The van der Waals surface area contributed by atoms with Crippen LogP contribution < -0.4 is 10.1 Å². The zero-order valence-electron chi connectivity index (χ0n) is 13.4. The number of carbonyl (C=O) groups excluding carboxylic acids is 1. The second-order valence-electron chi connectivity index (χ2n) is 5.35. The molecule has 1 amide bonds. The lowest BCUT2D eigenvalue weighted by molar-refractivity contribution is -0.385. The van der Waals surface area contributed by atoms with E-state index >= 15 is 0 Å². The maximum absolute atomic E-state index is 11.8. The molecule has 25 heavy (non-hydrogen) atoms. The molecule has 8 heteroatoms. The highest BCUT2D eigenvalue weighted by Crippen LogP contribution is 2.27. The van der Waals surface area contributed by atoms with Gasteiger partial charge in [-0.15, -0.1) is 0 Å². The van der Waals surface area contributed by atoms with Crippen molar-refractivity contribution in [3.05, 3.63) is 67.7 Å². The topological polar surface area (TPSA) is 81.5 Å². The minimum Gasteiger partial charge on any atom is -0.477 e. The summed E-state index contributed by atoms with van der Waals surface area (Å²) in [7, 11) is 0. The van der Waals surface area contributed by atoms with Gasteiger partial charge in [0.2, 0.25) is 0 Å². The summed E-state index contributed by atoms with van der Waals surface area (Å²) in [4.78, 5) is 22.3. The summed E-state index contributed by atoms with van der Waals surface area (Å²) in [6.45, 7) is 1.79. The number of nitro benzene ring substituents is 1. The Balaban J connectivity index is 1.84. The maximum atomic E-state index is 11.8. The first kappa shape index (κ1) is 19.0. The van der Waals surface area contributed by atoms with Crippen LogP contribution in [0.15, 0.2) is 36.4 Å². The standard InChI is InChI=1S/C17H16Cl2N2O4/c1-11-2-5-16(15(8-11)21(23)24)25-10-17(22)20-7-6-12-3-4-13(18)9-14(12)19/h2-5,8-9H,6-7,10H2,1H3,(H,20,22). The predicted molar refractivity (Wildman–Crippen MR) is 96.5 cm³/mol. The van der Waals surface area contributed by atoms with E-state index in [0.29, 0.717) is 23.0 Å². The molecular formula is C17H16Cl2N2O4. The number of ether oxygens (including phenoxy) is 1. The fourth-order valence-corrected chi connectivity index (χ4v) is 2.65. The van der Waals surface area contributed by atoms with Crippen LogP contribution >= 0.6 is 23.2 Å². The number of amides is 1. The van der Waals surface area contributed by atoms with Crippen LogP contribution in [-0.4, -0.2) is 24.0 Å². The molecule has 0 spiro atoms. The van der Waals surface area contributed by atoms with Crippen molar-refractivity contribution < 1.29 is 14.5 Å². The molecule has 0 saturated carbocycles. The Kier molecular flexibility index (Phi) is 6.61. The Morgan fingerprint density at radius 2 is 2.00 bits per heavy atom. The van der Waals surface area contributed by atoms with E-state index in [-0.39, 0.29) is 24.0 Å². The molecule has 0 unspecified atom stereocenters. The Labute approximate surface area is 154 Å².